The number of furan rings is 1. The van der Waals surface area contributed by atoms with E-state index in [9.17, 15) is 14.0 Å². The van der Waals surface area contributed by atoms with Gasteiger partial charge in [0.05, 0.1) is 0 Å². The summed E-state index contributed by atoms with van der Waals surface area (Å²) in [6.45, 7) is 3.40. The molecule has 7 nitrogen and oxygen atoms in total. The Bertz CT molecular complexity index is 975. The maximum atomic E-state index is 13.6. The summed E-state index contributed by atoms with van der Waals surface area (Å²) in [6, 6.07) is 8.72. The molecular formula is C20H20FN3O4S. The van der Waals surface area contributed by atoms with Crippen molar-refractivity contribution in [2.45, 2.75) is 32.5 Å². The number of carbonyl (C=O) groups is 2. The zero-order valence-electron chi connectivity index (χ0n) is 15.8. The zero-order chi connectivity index (χ0) is 21.0. The summed E-state index contributed by atoms with van der Waals surface area (Å²) in [5.74, 6) is -0.279. The van der Waals surface area contributed by atoms with Crippen LogP contribution in [0.3, 0.4) is 0 Å². The fourth-order valence-electron chi connectivity index (χ4n) is 2.60. The number of pyridine rings is 1. The van der Waals surface area contributed by atoms with E-state index in [1.165, 1.54) is 12.3 Å². The lowest BCUT2D eigenvalue weighted by atomic mass is 10.2. The molecule has 0 spiro atoms. The molecule has 152 valence electrons. The highest BCUT2D eigenvalue weighted by molar-refractivity contribution is 7.79. The van der Waals surface area contributed by atoms with Crippen molar-refractivity contribution in [3.63, 3.8) is 0 Å². The Kier molecular flexibility index (Phi) is 6.38. The summed E-state index contributed by atoms with van der Waals surface area (Å²) in [7, 11) is 0. The standard InChI is InChI=1S/C20H20FN3O4S/c1-3-16(21)12(2)27-15-6-4-14(5-7-15)23-20(26)24(29)19(25)18-10-13-11-22-9-8-17(13)28-18/h4-12,16,29H,3H2,1-2H3,(H,23,26). The number of alkyl halides is 1. The number of ether oxygens (including phenoxy) is 1. The number of thiol groups is 1. The minimum Gasteiger partial charge on any atom is -0.488 e. The van der Waals surface area contributed by atoms with Gasteiger partial charge in [-0.25, -0.2) is 13.5 Å². The van der Waals surface area contributed by atoms with Gasteiger partial charge in [-0.1, -0.05) is 19.7 Å². The molecule has 3 rings (SSSR count). The third-order valence-corrected chi connectivity index (χ3v) is 4.60. The average Bonchev–Trinajstić information content (AvgIpc) is 3.17. The SMILES string of the molecule is CCC(F)C(C)Oc1ccc(NC(=O)N(S)C(=O)c2cc3cnccc3o2)cc1. The van der Waals surface area contributed by atoms with E-state index in [4.69, 9.17) is 9.15 Å². The van der Waals surface area contributed by atoms with Gasteiger partial charge >= 0.3 is 11.9 Å². The van der Waals surface area contributed by atoms with Crippen molar-refractivity contribution in [3.8, 4) is 5.75 Å². The maximum absolute atomic E-state index is 13.6. The molecular weight excluding hydrogens is 397 g/mol. The molecule has 0 aliphatic carbocycles. The summed E-state index contributed by atoms with van der Waals surface area (Å²) in [5.41, 5.74) is 0.900. The second kappa shape index (κ2) is 8.95. The first-order valence-corrected chi connectivity index (χ1v) is 9.37. The number of carbonyl (C=O) groups excluding carboxylic acids is 2. The first-order valence-electron chi connectivity index (χ1n) is 8.97. The lowest BCUT2D eigenvalue weighted by Gasteiger charge is -2.18. The van der Waals surface area contributed by atoms with Crippen LogP contribution >= 0.6 is 12.8 Å². The summed E-state index contributed by atoms with van der Waals surface area (Å²) < 4.78 is 25.2. The second-order valence-electron chi connectivity index (χ2n) is 6.34. The molecule has 9 heteroatoms. The predicted octanol–water partition coefficient (Wildman–Crippen LogP) is 4.86. The molecule has 1 aromatic carbocycles. The molecule has 0 fully saturated rings. The van der Waals surface area contributed by atoms with Crippen molar-refractivity contribution < 1.29 is 23.1 Å². The average molecular weight is 417 g/mol. The number of anilines is 1. The van der Waals surface area contributed by atoms with E-state index in [1.807, 2.05) is 0 Å². The van der Waals surface area contributed by atoms with E-state index in [0.29, 0.717) is 33.1 Å². The number of aromatic nitrogens is 1. The Hall–Kier alpha value is -3.07. The number of benzene rings is 1. The van der Waals surface area contributed by atoms with Crippen LogP contribution in [0.25, 0.3) is 11.0 Å². The number of urea groups is 1. The summed E-state index contributed by atoms with van der Waals surface area (Å²) in [6.07, 6.45) is 1.81. The van der Waals surface area contributed by atoms with Gasteiger partial charge in [-0.3, -0.25) is 9.78 Å². The molecule has 2 aromatic heterocycles. The van der Waals surface area contributed by atoms with E-state index in [0.717, 1.165) is 0 Å². The van der Waals surface area contributed by atoms with E-state index in [1.54, 1.807) is 50.4 Å². The van der Waals surface area contributed by atoms with Crippen LogP contribution in [0, 0.1) is 0 Å². The van der Waals surface area contributed by atoms with Gasteiger partial charge in [0.25, 0.3) is 0 Å². The molecule has 0 aliphatic rings. The van der Waals surface area contributed by atoms with Crippen molar-refractivity contribution in [1.82, 2.24) is 9.29 Å². The number of rotatable bonds is 6. The molecule has 2 heterocycles. The van der Waals surface area contributed by atoms with Crippen molar-refractivity contribution in [2.75, 3.05) is 5.32 Å². The van der Waals surface area contributed by atoms with E-state index >= 15 is 0 Å². The topological polar surface area (TPSA) is 84.7 Å². The highest BCUT2D eigenvalue weighted by Crippen LogP contribution is 2.22. The number of halogens is 1. The largest absolute Gasteiger partial charge is 0.488 e. The molecule has 0 radical (unpaired) electrons. The Morgan fingerprint density at radius 2 is 2.03 bits per heavy atom. The van der Waals surface area contributed by atoms with Crippen molar-refractivity contribution >= 4 is 41.4 Å². The molecule has 1 N–H and O–H groups in total. The highest BCUT2D eigenvalue weighted by atomic mass is 32.1. The third kappa shape index (κ3) is 4.86. The maximum Gasteiger partial charge on any atom is 0.339 e. The zero-order valence-corrected chi connectivity index (χ0v) is 16.7. The first kappa shape index (κ1) is 20.7. The second-order valence-corrected chi connectivity index (χ2v) is 6.74. The van der Waals surface area contributed by atoms with Gasteiger partial charge in [0.15, 0.2) is 5.76 Å². The van der Waals surface area contributed by atoms with Gasteiger partial charge in [0, 0.05) is 23.5 Å². The molecule has 0 aliphatic heterocycles. The summed E-state index contributed by atoms with van der Waals surface area (Å²) in [5, 5.41) is 3.19. The fraction of sp³-hybridized carbons (Fsp3) is 0.250. The molecule has 3 amide bonds. The van der Waals surface area contributed by atoms with Crippen LogP contribution in [0.5, 0.6) is 5.75 Å². The van der Waals surface area contributed by atoms with Crippen molar-refractivity contribution in [2.24, 2.45) is 0 Å². The number of hydrogen-bond donors (Lipinski definition) is 2. The van der Waals surface area contributed by atoms with Crippen LogP contribution in [-0.2, 0) is 0 Å². The van der Waals surface area contributed by atoms with Crippen LogP contribution in [0.2, 0.25) is 0 Å². The molecule has 29 heavy (non-hydrogen) atoms. The van der Waals surface area contributed by atoms with E-state index in [-0.39, 0.29) is 5.76 Å². The Labute approximate surface area is 172 Å². The summed E-state index contributed by atoms with van der Waals surface area (Å²) >= 11 is 3.97. The Balaban J connectivity index is 1.62. The minimum atomic E-state index is -1.06. The lowest BCUT2D eigenvalue weighted by Crippen LogP contribution is -2.32. The molecule has 0 saturated heterocycles. The molecule has 2 unspecified atom stereocenters. The number of fused-ring (bicyclic) bond motifs is 1. The lowest BCUT2D eigenvalue weighted by molar-refractivity contribution is 0.0875. The van der Waals surface area contributed by atoms with E-state index < -0.39 is 24.2 Å². The number of nitrogens with one attached hydrogen (secondary N) is 1. The fourth-order valence-corrected chi connectivity index (χ4v) is 2.75. The van der Waals surface area contributed by atoms with Gasteiger partial charge in [0.2, 0.25) is 0 Å². The first-order chi connectivity index (χ1) is 13.9. The Morgan fingerprint density at radius 3 is 2.69 bits per heavy atom. The molecule has 0 bridgehead atoms. The van der Waals surface area contributed by atoms with Gasteiger partial charge in [-0.2, -0.15) is 0 Å². The van der Waals surface area contributed by atoms with Gasteiger partial charge in [0.1, 0.15) is 23.6 Å². The number of nitrogens with zero attached hydrogens (tertiary/aromatic N) is 2. The number of imide groups is 1. The summed E-state index contributed by atoms with van der Waals surface area (Å²) in [4.78, 5) is 28.7. The van der Waals surface area contributed by atoms with Crippen molar-refractivity contribution in [1.29, 1.82) is 0 Å². The third-order valence-electron chi connectivity index (χ3n) is 4.24. The van der Waals surface area contributed by atoms with Gasteiger partial charge in [-0.05, 0) is 49.7 Å². The predicted molar refractivity (Wildman–Crippen MR) is 110 cm³/mol. The minimum absolute atomic E-state index is 0.0346. The van der Waals surface area contributed by atoms with Crippen LogP contribution in [0.4, 0.5) is 14.9 Å². The van der Waals surface area contributed by atoms with Gasteiger partial charge < -0.3 is 14.5 Å². The van der Waals surface area contributed by atoms with Crippen LogP contribution in [-0.4, -0.2) is 33.5 Å². The number of amides is 3. The van der Waals surface area contributed by atoms with E-state index in [2.05, 4.69) is 23.1 Å². The van der Waals surface area contributed by atoms with Crippen LogP contribution in [0.15, 0.2) is 53.2 Å². The smallest absolute Gasteiger partial charge is 0.339 e. The Morgan fingerprint density at radius 1 is 1.31 bits per heavy atom. The van der Waals surface area contributed by atoms with Crippen LogP contribution in [0.1, 0.15) is 30.8 Å². The number of hydrogen-bond acceptors (Lipinski definition) is 6. The quantitative estimate of drug-likeness (QED) is 0.560. The monoisotopic (exact) mass is 417 g/mol. The normalized spacial score (nSPS) is 13.0. The van der Waals surface area contributed by atoms with Crippen LogP contribution < -0.4 is 10.1 Å². The highest BCUT2D eigenvalue weighted by Gasteiger charge is 2.23. The molecule has 3 aromatic rings. The van der Waals surface area contributed by atoms with Gasteiger partial charge in [-0.15, -0.1) is 0 Å². The molecule has 2 atom stereocenters. The van der Waals surface area contributed by atoms with Crippen molar-refractivity contribution in [3.05, 3.63) is 54.6 Å². The molecule has 0 saturated carbocycles.